The molecule has 0 aliphatic carbocycles. The molecule has 0 aromatic heterocycles. The Labute approximate surface area is 102 Å². The van der Waals surface area contributed by atoms with Crippen molar-refractivity contribution in [3.63, 3.8) is 0 Å². The summed E-state index contributed by atoms with van der Waals surface area (Å²) in [5.74, 6) is 0.350. The van der Waals surface area contributed by atoms with E-state index in [4.69, 9.17) is 9.47 Å². The van der Waals surface area contributed by atoms with E-state index in [1.807, 2.05) is 0 Å². The first-order valence-electron chi connectivity index (χ1n) is 6.82. The lowest BCUT2D eigenvalue weighted by molar-refractivity contribution is -0.146. The minimum absolute atomic E-state index is 0.0768. The summed E-state index contributed by atoms with van der Waals surface area (Å²) in [4.78, 5) is 14.7. The first-order valence-corrected chi connectivity index (χ1v) is 6.82. The SMILES string of the molecule is O=C(C1CCCOC1)C1CN2CCCC2CO1. The van der Waals surface area contributed by atoms with Gasteiger partial charge in [0.05, 0.1) is 13.2 Å². The molecule has 3 fully saturated rings. The minimum Gasteiger partial charge on any atom is -0.381 e. The van der Waals surface area contributed by atoms with Gasteiger partial charge in [-0.3, -0.25) is 9.69 Å². The summed E-state index contributed by atoms with van der Waals surface area (Å²) < 4.78 is 11.2. The maximum atomic E-state index is 12.3. The number of ketones is 1. The number of carbonyl (C=O) groups is 1. The number of morpholine rings is 1. The highest BCUT2D eigenvalue weighted by Gasteiger charge is 2.37. The molecule has 3 atom stereocenters. The van der Waals surface area contributed by atoms with Crippen LogP contribution in [0.5, 0.6) is 0 Å². The number of hydrogen-bond acceptors (Lipinski definition) is 4. The van der Waals surface area contributed by atoms with Crippen LogP contribution in [0.3, 0.4) is 0 Å². The molecule has 0 N–H and O–H groups in total. The lowest BCUT2D eigenvalue weighted by Gasteiger charge is -2.36. The Morgan fingerprint density at radius 1 is 1.18 bits per heavy atom. The highest BCUT2D eigenvalue weighted by Crippen LogP contribution is 2.25. The Kier molecular flexibility index (Phi) is 3.45. The maximum absolute atomic E-state index is 12.3. The predicted molar refractivity (Wildman–Crippen MR) is 62.9 cm³/mol. The van der Waals surface area contributed by atoms with Crippen LogP contribution in [0, 0.1) is 5.92 Å². The first-order chi connectivity index (χ1) is 8.34. The molecule has 0 aromatic carbocycles. The van der Waals surface area contributed by atoms with Gasteiger partial charge in [0.25, 0.3) is 0 Å². The molecule has 0 saturated carbocycles. The van der Waals surface area contributed by atoms with Gasteiger partial charge < -0.3 is 9.47 Å². The fourth-order valence-electron chi connectivity index (χ4n) is 3.22. The van der Waals surface area contributed by atoms with Gasteiger partial charge in [-0.25, -0.2) is 0 Å². The largest absolute Gasteiger partial charge is 0.381 e. The van der Waals surface area contributed by atoms with E-state index < -0.39 is 0 Å². The first kappa shape index (κ1) is 11.6. The summed E-state index contributed by atoms with van der Waals surface area (Å²) >= 11 is 0. The van der Waals surface area contributed by atoms with Crippen molar-refractivity contribution in [2.45, 2.75) is 37.8 Å². The van der Waals surface area contributed by atoms with Crippen LogP contribution in [-0.2, 0) is 14.3 Å². The highest BCUT2D eigenvalue weighted by atomic mass is 16.5. The summed E-state index contributed by atoms with van der Waals surface area (Å²) in [5, 5.41) is 0. The summed E-state index contributed by atoms with van der Waals surface area (Å²) in [5.41, 5.74) is 0. The second kappa shape index (κ2) is 5.04. The van der Waals surface area contributed by atoms with Crippen LogP contribution in [0.1, 0.15) is 25.7 Å². The van der Waals surface area contributed by atoms with Gasteiger partial charge in [0, 0.05) is 25.1 Å². The van der Waals surface area contributed by atoms with Crippen molar-refractivity contribution in [1.82, 2.24) is 4.90 Å². The van der Waals surface area contributed by atoms with Gasteiger partial charge in [-0.2, -0.15) is 0 Å². The third kappa shape index (κ3) is 2.39. The predicted octanol–water partition coefficient (Wildman–Crippen LogP) is 0.845. The molecular weight excluding hydrogens is 218 g/mol. The summed E-state index contributed by atoms with van der Waals surface area (Å²) in [6.07, 6.45) is 4.27. The van der Waals surface area contributed by atoms with Crippen molar-refractivity contribution in [1.29, 1.82) is 0 Å². The number of rotatable bonds is 2. The second-order valence-corrected chi connectivity index (χ2v) is 5.43. The van der Waals surface area contributed by atoms with Crippen LogP contribution in [0.15, 0.2) is 0 Å². The van der Waals surface area contributed by atoms with Crippen molar-refractivity contribution < 1.29 is 14.3 Å². The topological polar surface area (TPSA) is 38.8 Å². The zero-order chi connectivity index (χ0) is 11.7. The van der Waals surface area contributed by atoms with Crippen LogP contribution in [0.4, 0.5) is 0 Å². The maximum Gasteiger partial charge on any atom is 0.168 e. The number of ether oxygens (including phenoxy) is 2. The molecule has 3 unspecified atom stereocenters. The van der Waals surface area contributed by atoms with Crippen LogP contribution < -0.4 is 0 Å². The summed E-state index contributed by atoms with van der Waals surface area (Å²) in [6, 6.07) is 0.571. The van der Waals surface area contributed by atoms with E-state index in [1.165, 1.54) is 12.8 Å². The lowest BCUT2D eigenvalue weighted by Crippen LogP contribution is -2.51. The van der Waals surface area contributed by atoms with E-state index in [-0.39, 0.29) is 17.8 Å². The number of nitrogens with zero attached hydrogens (tertiary/aromatic N) is 1. The van der Waals surface area contributed by atoms with E-state index in [0.717, 1.165) is 39.1 Å². The Bertz CT molecular complexity index is 288. The van der Waals surface area contributed by atoms with Crippen LogP contribution in [-0.4, -0.2) is 55.7 Å². The van der Waals surface area contributed by atoms with Crippen molar-refractivity contribution in [2.24, 2.45) is 5.92 Å². The van der Waals surface area contributed by atoms with E-state index in [9.17, 15) is 4.79 Å². The zero-order valence-corrected chi connectivity index (χ0v) is 10.3. The average Bonchev–Trinajstić information content (AvgIpc) is 2.86. The van der Waals surface area contributed by atoms with E-state index >= 15 is 0 Å². The Morgan fingerprint density at radius 2 is 2.12 bits per heavy atom. The molecule has 4 heteroatoms. The molecule has 0 amide bonds. The van der Waals surface area contributed by atoms with Crippen molar-refractivity contribution in [3.8, 4) is 0 Å². The molecule has 3 saturated heterocycles. The smallest absolute Gasteiger partial charge is 0.168 e. The molecule has 3 aliphatic rings. The number of hydrogen-bond donors (Lipinski definition) is 0. The fourth-order valence-corrected chi connectivity index (χ4v) is 3.22. The van der Waals surface area contributed by atoms with Gasteiger partial charge in [0.1, 0.15) is 6.10 Å². The third-order valence-corrected chi connectivity index (χ3v) is 4.27. The van der Waals surface area contributed by atoms with Crippen molar-refractivity contribution in [2.75, 3.05) is 32.9 Å². The van der Waals surface area contributed by atoms with Crippen molar-refractivity contribution >= 4 is 5.78 Å². The molecule has 17 heavy (non-hydrogen) atoms. The molecule has 96 valence electrons. The van der Waals surface area contributed by atoms with E-state index in [1.54, 1.807) is 0 Å². The molecule has 3 rings (SSSR count). The number of fused-ring (bicyclic) bond motifs is 1. The number of Topliss-reactive ketones (excluding diaryl/α,β-unsaturated/α-hetero) is 1. The molecule has 0 aromatic rings. The molecule has 0 radical (unpaired) electrons. The van der Waals surface area contributed by atoms with Gasteiger partial charge in [-0.1, -0.05) is 0 Å². The van der Waals surface area contributed by atoms with Crippen LogP contribution in [0.2, 0.25) is 0 Å². The average molecular weight is 239 g/mol. The Balaban J connectivity index is 1.58. The fraction of sp³-hybridized carbons (Fsp3) is 0.923. The zero-order valence-electron chi connectivity index (χ0n) is 10.3. The molecule has 3 aliphatic heterocycles. The van der Waals surface area contributed by atoms with Gasteiger partial charge in [-0.15, -0.1) is 0 Å². The highest BCUT2D eigenvalue weighted by molar-refractivity contribution is 5.86. The van der Waals surface area contributed by atoms with Gasteiger partial charge in [-0.05, 0) is 32.2 Å². The van der Waals surface area contributed by atoms with Crippen LogP contribution in [0.25, 0.3) is 0 Å². The standard InChI is InChI=1S/C13H21NO3/c15-13(10-3-2-6-16-8-10)12-7-14-5-1-4-11(14)9-17-12/h10-12H,1-9H2. The Morgan fingerprint density at radius 3 is 2.94 bits per heavy atom. The quantitative estimate of drug-likeness (QED) is 0.716. The number of carbonyl (C=O) groups excluding carboxylic acids is 1. The van der Waals surface area contributed by atoms with Crippen molar-refractivity contribution in [3.05, 3.63) is 0 Å². The van der Waals surface area contributed by atoms with E-state index in [0.29, 0.717) is 12.6 Å². The lowest BCUT2D eigenvalue weighted by atomic mass is 9.93. The second-order valence-electron chi connectivity index (χ2n) is 5.43. The molecule has 0 bridgehead atoms. The molecule has 0 spiro atoms. The summed E-state index contributed by atoms with van der Waals surface area (Å²) in [7, 11) is 0. The molecule has 3 heterocycles. The van der Waals surface area contributed by atoms with Gasteiger partial charge >= 0.3 is 0 Å². The van der Waals surface area contributed by atoms with Crippen LogP contribution >= 0.6 is 0 Å². The van der Waals surface area contributed by atoms with Gasteiger partial charge in [0.2, 0.25) is 0 Å². The normalized spacial score (nSPS) is 38.9. The molecule has 4 nitrogen and oxygen atoms in total. The summed E-state index contributed by atoms with van der Waals surface area (Å²) in [6.45, 7) is 4.09. The minimum atomic E-state index is -0.198. The van der Waals surface area contributed by atoms with Gasteiger partial charge in [0.15, 0.2) is 5.78 Å². The molecular formula is C13H21NO3. The monoisotopic (exact) mass is 239 g/mol. The third-order valence-electron chi connectivity index (χ3n) is 4.27. The van der Waals surface area contributed by atoms with E-state index in [2.05, 4.69) is 4.90 Å². The Hall–Kier alpha value is -0.450.